The number of ketones is 1. The number of carbonyl (C=O) groups is 2. The van der Waals surface area contributed by atoms with Crippen LogP contribution in [0.15, 0.2) is 65.1 Å². The minimum Gasteiger partial charge on any atom is -0.496 e. The number of Topliss-reactive ketones (excluding diaryl/α,β-unsaturated/α-hetero) is 1. The van der Waals surface area contributed by atoms with Crippen LogP contribution < -0.4 is 19.1 Å². The first-order valence-corrected chi connectivity index (χ1v) is 11.3. The minimum absolute atomic E-state index is 0.180. The zero-order valence-corrected chi connectivity index (χ0v) is 20.6. The molecule has 0 aliphatic carbocycles. The van der Waals surface area contributed by atoms with Crippen molar-refractivity contribution in [3.8, 4) is 17.2 Å². The summed E-state index contributed by atoms with van der Waals surface area (Å²) >= 11 is 3.42. The van der Waals surface area contributed by atoms with Crippen molar-refractivity contribution in [1.82, 2.24) is 0 Å². The van der Waals surface area contributed by atoms with Crippen molar-refractivity contribution in [3.63, 3.8) is 0 Å². The zero-order chi connectivity index (χ0) is 24.5. The second kappa shape index (κ2) is 9.48. The minimum atomic E-state index is -2.02. The highest BCUT2D eigenvalue weighted by atomic mass is 79.9. The summed E-state index contributed by atoms with van der Waals surface area (Å²) in [5.41, 5.74) is -0.0247. The quantitative estimate of drug-likeness (QED) is 0.436. The van der Waals surface area contributed by atoms with Gasteiger partial charge in [0, 0.05) is 10.0 Å². The van der Waals surface area contributed by atoms with Crippen LogP contribution in [0.25, 0.3) is 0 Å². The second-order valence-corrected chi connectivity index (χ2v) is 8.82. The smallest absolute Gasteiger partial charge is 0.264 e. The van der Waals surface area contributed by atoms with Crippen molar-refractivity contribution >= 4 is 33.3 Å². The molecule has 1 amide bonds. The number of fused-ring (bicyclic) bond motifs is 1. The summed E-state index contributed by atoms with van der Waals surface area (Å²) in [5, 5.41) is 11.6. The lowest BCUT2D eigenvalue weighted by molar-refractivity contribution is -0.136. The van der Waals surface area contributed by atoms with Crippen molar-refractivity contribution in [1.29, 1.82) is 0 Å². The third-order valence-corrected chi connectivity index (χ3v) is 6.40. The first kappa shape index (κ1) is 23.8. The van der Waals surface area contributed by atoms with Gasteiger partial charge in [-0.2, -0.15) is 0 Å². The average Bonchev–Trinajstić information content (AvgIpc) is 3.04. The van der Waals surface area contributed by atoms with Gasteiger partial charge < -0.3 is 24.2 Å². The lowest BCUT2D eigenvalue weighted by Crippen LogP contribution is -2.41. The molecule has 1 aliphatic heterocycles. The molecule has 3 aromatic rings. The van der Waals surface area contributed by atoms with Gasteiger partial charge in [-0.1, -0.05) is 34.1 Å². The van der Waals surface area contributed by atoms with Gasteiger partial charge >= 0.3 is 0 Å². The normalized spacial score (nSPS) is 16.9. The van der Waals surface area contributed by atoms with Crippen molar-refractivity contribution in [2.45, 2.75) is 18.6 Å². The molecule has 176 valence electrons. The first-order chi connectivity index (χ1) is 16.3. The number of halogens is 1. The summed E-state index contributed by atoms with van der Waals surface area (Å²) in [7, 11) is 4.56. The first-order valence-electron chi connectivity index (χ1n) is 10.5. The van der Waals surface area contributed by atoms with E-state index in [-0.39, 0.29) is 6.54 Å². The second-order valence-electron chi connectivity index (χ2n) is 7.90. The fraction of sp³-hybridized carbons (Fsp3) is 0.231. The fourth-order valence-electron chi connectivity index (χ4n) is 4.21. The lowest BCUT2D eigenvalue weighted by Gasteiger charge is -2.23. The molecule has 1 atom stereocenters. The van der Waals surface area contributed by atoms with Gasteiger partial charge in [0.15, 0.2) is 22.9 Å². The largest absolute Gasteiger partial charge is 0.496 e. The van der Waals surface area contributed by atoms with Gasteiger partial charge in [0.25, 0.3) is 5.91 Å². The molecule has 0 bridgehead atoms. The number of amides is 1. The van der Waals surface area contributed by atoms with E-state index in [2.05, 4.69) is 15.9 Å². The predicted octanol–water partition coefficient (Wildman–Crippen LogP) is 4.48. The van der Waals surface area contributed by atoms with E-state index < -0.39 is 23.7 Å². The van der Waals surface area contributed by atoms with E-state index in [1.165, 1.54) is 19.1 Å². The summed E-state index contributed by atoms with van der Waals surface area (Å²) in [6.07, 6.45) is -0.419. The van der Waals surface area contributed by atoms with Crippen LogP contribution in [0.5, 0.6) is 17.2 Å². The van der Waals surface area contributed by atoms with Gasteiger partial charge in [0.1, 0.15) is 5.75 Å². The Labute approximate surface area is 206 Å². The maximum Gasteiger partial charge on any atom is 0.264 e. The highest BCUT2D eigenvalue weighted by molar-refractivity contribution is 9.10. The van der Waals surface area contributed by atoms with Crippen LogP contribution in [0.3, 0.4) is 0 Å². The van der Waals surface area contributed by atoms with E-state index in [4.69, 9.17) is 14.2 Å². The number of ether oxygens (including phenoxy) is 3. The Kier molecular flexibility index (Phi) is 6.63. The van der Waals surface area contributed by atoms with Crippen LogP contribution >= 0.6 is 15.9 Å². The maximum absolute atomic E-state index is 13.6. The summed E-state index contributed by atoms with van der Waals surface area (Å²) in [6, 6.07) is 17.3. The predicted molar refractivity (Wildman–Crippen MR) is 131 cm³/mol. The van der Waals surface area contributed by atoms with Crippen LogP contribution in [0.1, 0.15) is 27.9 Å². The standard InChI is InChI=1S/C26H24BrNO6/c1-32-22-7-5-4-6-18(22)21(29)14-26(31)19-13-17(27)9-10-20(19)28(25(26)30)15-16-8-11-23(33-2)24(12-16)34-3/h4-13,31H,14-15H2,1-3H3. The molecule has 8 heteroatoms. The van der Waals surface area contributed by atoms with Gasteiger partial charge in [-0.05, 0) is 48.0 Å². The number of aliphatic hydroxyl groups is 1. The molecular weight excluding hydrogens is 502 g/mol. The van der Waals surface area contributed by atoms with E-state index in [1.54, 1.807) is 61.7 Å². The Hall–Kier alpha value is -3.36. The SMILES string of the molecule is COc1ccc(CN2C(=O)C(O)(CC(=O)c3ccccc3OC)c3cc(Br)ccc32)cc1OC. The summed E-state index contributed by atoms with van der Waals surface area (Å²) in [4.78, 5) is 28.3. The summed E-state index contributed by atoms with van der Waals surface area (Å²) < 4.78 is 16.7. The van der Waals surface area contributed by atoms with E-state index >= 15 is 0 Å². The molecule has 4 rings (SSSR count). The maximum atomic E-state index is 13.6. The number of hydrogen-bond donors (Lipinski definition) is 1. The van der Waals surface area contributed by atoms with E-state index in [1.807, 2.05) is 6.07 Å². The number of anilines is 1. The molecule has 0 radical (unpaired) electrons. The molecule has 1 heterocycles. The molecule has 34 heavy (non-hydrogen) atoms. The molecule has 1 unspecified atom stereocenters. The Balaban J connectivity index is 1.71. The number of methoxy groups -OCH3 is 3. The topological polar surface area (TPSA) is 85.3 Å². The van der Waals surface area contributed by atoms with Crippen LogP contribution in [0, 0.1) is 0 Å². The van der Waals surface area contributed by atoms with E-state index in [0.29, 0.717) is 38.5 Å². The highest BCUT2D eigenvalue weighted by Crippen LogP contribution is 2.45. The molecule has 0 fully saturated rings. The molecular formula is C26H24BrNO6. The zero-order valence-electron chi connectivity index (χ0n) is 19.0. The number of benzene rings is 3. The van der Waals surface area contributed by atoms with Crippen LogP contribution in [-0.4, -0.2) is 38.1 Å². The van der Waals surface area contributed by atoms with E-state index in [9.17, 15) is 14.7 Å². The third-order valence-electron chi connectivity index (χ3n) is 5.91. The van der Waals surface area contributed by atoms with Gasteiger partial charge in [-0.25, -0.2) is 0 Å². The molecule has 1 N–H and O–H groups in total. The number of carbonyl (C=O) groups excluding carboxylic acids is 2. The molecule has 0 spiro atoms. The lowest BCUT2D eigenvalue weighted by atomic mass is 9.88. The summed E-state index contributed by atoms with van der Waals surface area (Å²) in [5.74, 6) is 0.524. The Bertz CT molecular complexity index is 1260. The summed E-state index contributed by atoms with van der Waals surface area (Å²) in [6.45, 7) is 0.180. The number of para-hydroxylation sites is 1. The van der Waals surface area contributed by atoms with Crippen molar-refractivity contribution in [2.75, 3.05) is 26.2 Å². The molecule has 0 aromatic heterocycles. The van der Waals surface area contributed by atoms with Gasteiger partial charge in [-0.3, -0.25) is 9.59 Å². The average molecular weight is 526 g/mol. The van der Waals surface area contributed by atoms with Gasteiger partial charge in [0.2, 0.25) is 0 Å². The molecule has 0 saturated carbocycles. The van der Waals surface area contributed by atoms with Crippen molar-refractivity contribution in [3.05, 3.63) is 81.8 Å². The van der Waals surface area contributed by atoms with Crippen LogP contribution in [0.4, 0.5) is 5.69 Å². The Morgan fingerprint density at radius 1 is 0.941 bits per heavy atom. The van der Waals surface area contributed by atoms with E-state index in [0.717, 1.165) is 5.56 Å². The van der Waals surface area contributed by atoms with Crippen molar-refractivity contribution < 1.29 is 28.9 Å². The van der Waals surface area contributed by atoms with Crippen LogP contribution in [0.2, 0.25) is 0 Å². The number of hydrogen-bond acceptors (Lipinski definition) is 6. The molecule has 0 saturated heterocycles. The van der Waals surface area contributed by atoms with Gasteiger partial charge in [-0.15, -0.1) is 0 Å². The monoisotopic (exact) mass is 525 g/mol. The number of rotatable bonds is 8. The Morgan fingerprint density at radius 2 is 1.65 bits per heavy atom. The molecule has 3 aromatic carbocycles. The molecule has 7 nitrogen and oxygen atoms in total. The van der Waals surface area contributed by atoms with Gasteiger partial charge in [0.05, 0.1) is 45.5 Å². The van der Waals surface area contributed by atoms with Crippen molar-refractivity contribution in [2.24, 2.45) is 0 Å². The fourth-order valence-corrected chi connectivity index (χ4v) is 4.58. The van der Waals surface area contributed by atoms with Crippen LogP contribution in [-0.2, 0) is 16.9 Å². The molecule has 1 aliphatic rings. The Morgan fingerprint density at radius 3 is 2.35 bits per heavy atom. The third kappa shape index (κ3) is 4.15. The number of nitrogens with zero attached hydrogens (tertiary/aromatic N) is 1. The highest BCUT2D eigenvalue weighted by Gasteiger charge is 2.51.